The molecule has 2 rings (SSSR count). The smallest absolute Gasteiger partial charge is 0.212 e. The fourth-order valence-corrected chi connectivity index (χ4v) is 3.72. The van der Waals surface area contributed by atoms with Crippen molar-refractivity contribution in [2.75, 3.05) is 0 Å². The second-order valence-corrected chi connectivity index (χ2v) is 6.71. The van der Waals surface area contributed by atoms with Crippen LogP contribution in [0.3, 0.4) is 0 Å². The van der Waals surface area contributed by atoms with Crippen LogP contribution in [0.1, 0.15) is 14.5 Å². The Morgan fingerprint density at radius 1 is 1.29 bits per heavy atom. The third-order valence-electron chi connectivity index (χ3n) is 1.61. The van der Waals surface area contributed by atoms with E-state index in [1.807, 2.05) is 23.6 Å². The van der Waals surface area contributed by atoms with Crippen molar-refractivity contribution in [1.82, 2.24) is 0 Å². The van der Waals surface area contributed by atoms with Crippen molar-refractivity contribution in [1.29, 1.82) is 0 Å². The molecule has 1 nitrogen and oxygen atoms in total. The lowest BCUT2D eigenvalue weighted by Gasteiger charge is -1.90. The van der Waals surface area contributed by atoms with Gasteiger partial charge in [-0.05, 0) is 49.4 Å². The molecular formula is C9H4Br2OS2. The van der Waals surface area contributed by atoms with E-state index in [1.165, 1.54) is 22.7 Å². The van der Waals surface area contributed by atoms with E-state index in [1.54, 1.807) is 0 Å². The molecule has 72 valence electrons. The Morgan fingerprint density at radius 3 is 2.57 bits per heavy atom. The van der Waals surface area contributed by atoms with Gasteiger partial charge in [0.05, 0.1) is 13.5 Å². The number of rotatable bonds is 2. The summed E-state index contributed by atoms with van der Waals surface area (Å²) in [6.45, 7) is 0. The summed E-state index contributed by atoms with van der Waals surface area (Å²) in [7, 11) is 0. The standard InChI is InChI=1S/C9H4Br2OS2/c10-5-4-7(14-9(5)11)8(12)6-2-1-3-13-6/h1-4H. The van der Waals surface area contributed by atoms with Crippen molar-refractivity contribution in [2.45, 2.75) is 0 Å². The van der Waals surface area contributed by atoms with Crippen LogP contribution in [0.5, 0.6) is 0 Å². The fraction of sp³-hybridized carbons (Fsp3) is 0. The molecule has 0 fully saturated rings. The van der Waals surface area contributed by atoms with Gasteiger partial charge in [0, 0.05) is 4.47 Å². The van der Waals surface area contributed by atoms with Crippen LogP contribution in [0.2, 0.25) is 0 Å². The zero-order chi connectivity index (χ0) is 10.1. The van der Waals surface area contributed by atoms with Crippen molar-refractivity contribution in [3.8, 4) is 0 Å². The highest BCUT2D eigenvalue weighted by Crippen LogP contribution is 2.33. The summed E-state index contributed by atoms with van der Waals surface area (Å²) in [6.07, 6.45) is 0. The van der Waals surface area contributed by atoms with Crippen LogP contribution in [0.25, 0.3) is 0 Å². The fourth-order valence-electron chi connectivity index (χ4n) is 0.988. The van der Waals surface area contributed by atoms with Gasteiger partial charge in [-0.1, -0.05) is 6.07 Å². The minimum absolute atomic E-state index is 0.0939. The van der Waals surface area contributed by atoms with Crippen LogP contribution in [0, 0.1) is 0 Å². The van der Waals surface area contributed by atoms with Gasteiger partial charge < -0.3 is 0 Å². The SMILES string of the molecule is O=C(c1cccs1)c1cc(Br)c(Br)s1. The van der Waals surface area contributed by atoms with Crippen molar-refractivity contribution < 1.29 is 4.79 Å². The molecule has 0 atom stereocenters. The summed E-state index contributed by atoms with van der Waals surface area (Å²) in [4.78, 5) is 13.4. The summed E-state index contributed by atoms with van der Waals surface area (Å²) >= 11 is 9.65. The average Bonchev–Trinajstić information content (AvgIpc) is 2.76. The first kappa shape index (κ1) is 10.5. The van der Waals surface area contributed by atoms with Gasteiger partial charge in [0.15, 0.2) is 0 Å². The van der Waals surface area contributed by atoms with Gasteiger partial charge >= 0.3 is 0 Å². The van der Waals surface area contributed by atoms with Crippen molar-refractivity contribution >= 4 is 60.3 Å². The van der Waals surface area contributed by atoms with Crippen LogP contribution in [-0.4, -0.2) is 5.78 Å². The van der Waals surface area contributed by atoms with Crippen molar-refractivity contribution in [3.63, 3.8) is 0 Å². The van der Waals surface area contributed by atoms with Gasteiger partial charge in [-0.3, -0.25) is 4.79 Å². The summed E-state index contributed by atoms with van der Waals surface area (Å²) in [6, 6.07) is 5.57. The van der Waals surface area contributed by atoms with Gasteiger partial charge in [-0.2, -0.15) is 0 Å². The van der Waals surface area contributed by atoms with Crippen LogP contribution in [0.4, 0.5) is 0 Å². The monoisotopic (exact) mass is 350 g/mol. The molecule has 0 N–H and O–H groups in total. The second kappa shape index (κ2) is 4.26. The van der Waals surface area contributed by atoms with Crippen molar-refractivity contribution in [3.05, 3.63) is 41.6 Å². The molecule has 2 aromatic rings. The largest absolute Gasteiger partial charge is 0.287 e. The van der Waals surface area contributed by atoms with Crippen LogP contribution in [-0.2, 0) is 0 Å². The molecule has 0 unspecified atom stereocenters. The molecule has 0 aromatic carbocycles. The molecule has 0 aliphatic carbocycles. The third kappa shape index (κ3) is 2.00. The summed E-state index contributed by atoms with van der Waals surface area (Å²) < 4.78 is 1.89. The Morgan fingerprint density at radius 2 is 2.07 bits per heavy atom. The van der Waals surface area contributed by atoms with Gasteiger partial charge in [0.25, 0.3) is 0 Å². The number of ketones is 1. The molecule has 2 heterocycles. The summed E-state index contributed by atoms with van der Waals surface area (Å²) in [5.41, 5.74) is 0. The maximum Gasteiger partial charge on any atom is 0.212 e. The van der Waals surface area contributed by atoms with Gasteiger partial charge in [0.2, 0.25) is 5.78 Å². The first-order valence-corrected chi connectivity index (χ1v) is 7.00. The molecule has 0 spiro atoms. The van der Waals surface area contributed by atoms with E-state index in [0.29, 0.717) is 0 Å². The topological polar surface area (TPSA) is 17.1 Å². The zero-order valence-corrected chi connectivity index (χ0v) is 11.6. The normalized spacial score (nSPS) is 10.4. The molecule has 5 heteroatoms. The number of hydrogen-bond donors (Lipinski definition) is 0. The molecule has 0 radical (unpaired) electrons. The Kier molecular flexibility index (Phi) is 3.21. The Hall–Kier alpha value is 0.0300. The number of thiophene rings is 2. The quantitative estimate of drug-likeness (QED) is 0.724. The van der Waals surface area contributed by atoms with E-state index in [-0.39, 0.29) is 5.78 Å². The Bertz CT molecular complexity index is 440. The summed E-state index contributed by atoms with van der Waals surface area (Å²) in [5.74, 6) is 0.0939. The number of halogens is 2. The molecule has 0 aliphatic rings. The second-order valence-electron chi connectivity index (χ2n) is 2.54. The van der Waals surface area contributed by atoms with E-state index in [0.717, 1.165) is 18.0 Å². The highest BCUT2D eigenvalue weighted by molar-refractivity contribution is 9.13. The number of hydrogen-bond acceptors (Lipinski definition) is 3. The predicted octanol–water partition coefficient (Wildman–Crippen LogP) is 4.57. The van der Waals surface area contributed by atoms with E-state index in [4.69, 9.17) is 0 Å². The minimum atomic E-state index is 0.0939. The first-order valence-electron chi connectivity index (χ1n) is 3.71. The number of carbonyl (C=O) groups excluding carboxylic acids is 1. The van der Waals surface area contributed by atoms with E-state index >= 15 is 0 Å². The first-order chi connectivity index (χ1) is 6.68. The molecule has 0 bridgehead atoms. The maximum atomic E-state index is 11.9. The third-order valence-corrected chi connectivity index (χ3v) is 5.74. The van der Waals surface area contributed by atoms with E-state index < -0.39 is 0 Å². The Balaban J connectivity index is 2.37. The lowest BCUT2D eigenvalue weighted by atomic mass is 10.3. The van der Waals surface area contributed by atoms with Gasteiger partial charge in [-0.25, -0.2) is 0 Å². The van der Waals surface area contributed by atoms with E-state index in [2.05, 4.69) is 31.9 Å². The molecule has 2 aromatic heterocycles. The van der Waals surface area contributed by atoms with Gasteiger partial charge in [-0.15, -0.1) is 22.7 Å². The maximum absolute atomic E-state index is 11.9. The highest BCUT2D eigenvalue weighted by atomic mass is 79.9. The molecular weight excluding hydrogens is 348 g/mol. The highest BCUT2D eigenvalue weighted by Gasteiger charge is 2.14. The van der Waals surface area contributed by atoms with Crippen LogP contribution >= 0.6 is 54.5 Å². The summed E-state index contributed by atoms with van der Waals surface area (Å²) in [5, 5.41) is 1.91. The molecule has 0 aliphatic heterocycles. The average molecular weight is 352 g/mol. The number of carbonyl (C=O) groups is 1. The zero-order valence-electron chi connectivity index (χ0n) is 6.79. The molecule has 14 heavy (non-hydrogen) atoms. The van der Waals surface area contributed by atoms with Crippen LogP contribution in [0.15, 0.2) is 31.8 Å². The Labute approximate surface area is 106 Å². The predicted molar refractivity (Wildman–Crippen MR) is 67.5 cm³/mol. The molecule has 0 amide bonds. The lowest BCUT2D eigenvalue weighted by molar-refractivity contribution is 0.104. The molecule has 0 saturated heterocycles. The lowest BCUT2D eigenvalue weighted by Crippen LogP contribution is -1.93. The van der Waals surface area contributed by atoms with Gasteiger partial charge in [0.1, 0.15) is 0 Å². The van der Waals surface area contributed by atoms with Crippen LogP contribution < -0.4 is 0 Å². The van der Waals surface area contributed by atoms with E-state index in [9.17, 15) is 4.79 Å². The minimum Gasteiger partial charge on any atom is -0.287 e. The molecule has 0 saturated carbocycles. The van der Waals surface area contributed by atoms with Crippen molar-refractivity contribution in [2.24, 2.45) is 0 Å².